The van der Waals surface area contributed by atoms with Crippen LogP contribution in [-0.4, -0.2) is 8.42 Å². The first-order valence-electron chi connectivity index (χ1n) is 6.41. The smallest absolute Gasteiger partial charge is 0.225 e. The Labute approximate surface area is 110 Å². The Balaban J connectivity index is 3.28. The first kappa shape index (κ1) is 15.2. The highest BCUT2D eigenvalue weighted by Gasteiger charge is 2.18. The molecule has 0 amide bonds. The van der Waals surface area contributed by atoms with Crippen molar-refractivity contribution in [3.05, 3.63) is 28.3 Å². The van der Waals surface area contributed by atoms with E-state index in [-0.39, 0.29) is 0 Å². The molecule has 2 N–H and O–H groups in total. The van der Waals surface area contributed by atoms with Crippen molar-refractivity contribution >= 4 is 10.0 Å². The molecule has 0 unspecified atom stereocenters. The normalized spacial score (nSPS) is 11.8. The number of benzene rings is 1. The molecule has 3 nitrogen and oxygen atoms in total. The summed E-state index contributed by atoms with van der Waals surface area (Å²) in [6.45, 7) is 7.86. The van der Waals surface area contributed by atoms with Crippen molar-refractivity contribution in [1.82, 2.24) is 0 Å². The molecule has 0 fully saturated rings. The number of primary sulfonamides is 1. The average molecular weight is 269 g/mol. The van der Waals surface area contributed by atoms with Gasteiger partial charge in [-0.15, -0.1) is 0 Å². The first-order chi connectivity index (χ1) is 8.29. The highest BCUT2D eigenvalue weighted by molar-refractivity contribution is 7.89. The fourth-order valence-electron chi connectivity index (χ4n) is 2.58. The van der Waals surface area contributed by atoms with Crippen molar-refractivity contribution in [3.8, 4) is 0 Å². The van der Waals surface area contributed by atoms with E-state index in [0.717, 1.165) is 47.9 Å². The maximum atomic E-state index is 11.6. The number of nitrogens with two attached hydrogens (primary N) is 1. The van der Waals surface area contributed by atoms with Gasteiger partial charge in [0.05, 0.1) is 4.90 Å². The third-order valence-electron chi connectivity index (χ3n) is 3.38. The van der Waals surface area contributed by atoms with Crippen LogP contribution >= 0.6 is 0 Å². The Morgan fingerprint density at radius 1 is 1.11 bits per heavy atom. The van der Waals surface area contributed by atoms with Gasteiger partial charge in [0.1, 0.15) is 0 Å². The number of hydrogen-bond donors (Lipinski definition) is 1. The number of hydrogen-bond acceptors (Lipinski definition) is 2. The first-order valence-corrected chi connectivity index (χ1v) is 7.96. The molecule has 0 heterocycles. The van der Waals surface area contributed by atoms with E-state index in [1.54, 1.807) is 6.92 Å². The van der Waals surface area contributed by atoms with Crippen molar-refractivity contribution in [2.45, 2.75) is 58.3 Å². The minimum atomic E-state index is -3.63. The van der Waals surface area contributed by atoms with E-state index >= 15 is 0 Å². The van der Waals surface area contributed by atoms with Gasteiger partial charge in [-0.1, -0.05) is 25.8 Å². The van der Waals surface area contributed by atoms with Crippen molar-refractivity contribution in [3.63, 3.8) is 0 Å². The second-order valence-corrected chi connectivity index (χ2v) is 6.44. The Morgan fingerprint density at radius 3 is 2.22 bits per heavy atom. The van der Waals surface area contributed by atoms with Crippen LogP contribution in [0.15, 0.2) is 11.0 Å². The number of unbranched alkanes of at least 4 members (excludes halogenated alkanes) is 2. The molecule has 0 aliphatic heterocycles. The molecule has 102 valence electrons. The van der Waals surface area contributed by atoms with Gasteiger partial charge in [0, 0.05) is 0 Å². The Kier molecular flexibility index (Phi) is 4.93. The number of sulfonamides is 1. The molecule has 1 aromatic carbocycles. The van der Waals surface area contributed by atoms with Gasteiger partial charge in [-0.2, -0.15) is 0 Å². The molecule has 0 saturated heterocycles. The molecular formula is C14H23NO2S. The average Bonchev–Trinajstić information content (AvgIpc) is 2.20. The van der Waals surface area contributed by atoms with Gasteiger partial charge in [0.25, 0.3) is 0 Å². The minimum absolute atomic E-state index is 0.305. The van der Waals surface area contributed by atoms with Crippen LogP contribution in [0.1, 0.15) is 48.4 Å². The lowest BCUT2D eigenvalue weighted by Crippen LogP contribution is -2.17. The third kappa shape index (κ3) is 3.33. The fraction of sp³-hybridized carbons (Fsp3) is 0.571. The zero-order chi connectivity index (χ0) is 13.9. The summed E-state index contributed by atoms with van der Waals surface area (Å²) in [4.78, 5) is 0.305. The van der Waals surface area contributed by atoms with Crippen LogP contribution in [0.3, 0.4) is 0 Å². The summed E-state index contributed by atoms with van der Waals surface area (Å²) in [7, 11) is -3.63. The highest BCUT2D eigenvalue weighted by atomic mass is 32.2. The Hall–Kier alpha value is -0.870. The predicted octanol–water partition coefficient (Wildman–Crippen LogP) is 2.99. The van der Waals surface area contributed by atoms with Crippen LogP contribution in [0, 0.1) is 20.8 Å². The summed E-state index contributed by atoms with van der Waals surface area (Å²) in [5, 5.41) is 5.30. The zero-order valence-corrected chi connectivity index (χ0v) is 12.5. The molecule has 1 aromatic rings. The van der Waals surface area contributed by atoms with Gasteiger partial charge in [-0.3, -0.25) is 0 Å². The maximum absolute atomic E-state index is 11.6. The lowest BCUT2D eigenvalue weighted by atomic mass is 9.95. The molecule has 0 atom stereocenters. The van der Waals surface area contributed by atoms with E-state index in [2.05, 4.69) is 6.92 Å². The van der Waals surface area contributed by atoms with E-state index in [0.29, 0.717) is 4.90 Å². The van der Waals surface area contributed by atoms with Gasteiger partial charge < -0.3 is 0 Å². The van der Waals surface area contributed by atoms with Crippen molar-refractivity contribution in [2.75, 3.05) is 0 Å². The molecule has 0 aromatic heterocycles. The fourth-order valence-corrected chi connectivity index (χ4v) is 3.64. The quantitative estimate of drug-likeness (QED) is 0.835. The lowest BCUT2D eigenvalue weighted by Gasteiger charge is -2.16. The number of rotatable bonds is 5. The summed E-state index contributed by atoms with van der Waals surface area (Å²) in [6, 6.07) is 1.92. The lowest BCUT2D eigenvalue weighted by molar-refractivity contribution is 0.596. The molecule has 4 heteroatoms. The van der Waals surface area contributed by atoms with Crippen LogP contribution in [0.25, 0.3) is 0 Å². The molecule has 0 aliphatic rings. The maximum Gasteiger partial charge on any atom is 0.238 e. The summed E-state index contributed by atoms with van der Waals surface area (Å²) >= 11 is 0. The third-order valence-corrected chi connectivity index (χ3v) is 4.57. The van der Waals surface area contributed by atoms with E-state index in [4.69, 9.17) is 5.14 Å². The zero-order valence-electron chi connectivity index (χ0n) is 11.7. The SMILES string of the molecule is CCCCCc1c(C)cc(C)c(S(N)(=O)=O)c1C. The second-order valence-electron chi connectivity index (χ2n) is 4.95. The van der Waals surface area contributed by atoms with Crippen LogP contribution in [-0.2, 0) is 16.4 Å². The predicted molar refractivity (Wildman–Crippen MR) is 75.3 cm³/mol. The van der Waals surface area contributed by atoms with Crippen LogP contribution < -0.4 is 5.14 Å². The molecule has 18 heavy (non-hydrogen) atoms. The van der Waals surface area contributed by atoms with Crippen molar-refractivity contribution in [1.29, 1.82) is 0 Å². The minimum Gasteiger partial charge on any atom is -0.225 e. The summed E-state index contributed by atoms with van der Waals surface area (Å²) < 4.78 is 23.3. The molecule has 0 spiro atoms. The highest BCUT2D eigenvalue weighted by Crippen LogP contribution is 2.26. The molecule has 1 rings (SSSR count). The van der Waals surface area contributed by atoms with Crippen LogP contribution in [0.2, 0.25) is 0 Å². The summed E-state index contributed by atoms with van der Waals surface area (Å²) in [6.07, 6.45) is 4.34. The largest absolute Gasteiger partial charge is 0.238 e. The Bertz CT molecular complexity index is 533. The van der Waals surface area contributed by atoms with Gasteiger partial charge >= 0.3 is 0 Å². The monoisotopic (exact) mass is 269 g/mol. The summed E-state index contributed by atoms with van der Waals surface area (Å²) in [5.41, 5.74) is 3.87. The second kappa shape index (κ2) is 5.85. The number of aryl methyl sites for hydroxylation is 2. The summed E-state index contributed by atoms with van der Waals surface area (Å²) in [5.74, 6) is 0. The Morgan fingerprint density at radius 2 is 1.72 bits per heavy atom. The van der Waals surface area contributed by atoms with Gasteiger partial charge in [-0.25, -0.2) is 13.6 Å². The van der Waals surface area contributed by atoms with E-state index in [1.165, 1.54) is 0 Å². The van der Waals surface area contributed by atoms with Gasteiger partial charge in [0.2, 0.25) is 10.0 Å². The van der Waals surface area contributed by atoms with E-state index < -0.39 is 10.0 Å². The van der Waals surface area contributed by atoms with Crippen molar-refractivity contribution in [2.24, 2.45) is 5.14 Å². The van der Waals surface area contributed by atoms with E-state index in [1.807, 2.05) is 19.9 Å². The van der Waals surface area contributed by atoms with Gasteiger partial charge in [0.15, 0.2) is 0 Å². The standard InChI is InChI=1S/C14H23NO2S/c1-5-6-7-8-13-10(2)9-11(3)14(12(13)4)18(15,16)17/h9H,5-8H2,1-4H3,(H2,15,16,17). The van der Waals surface area contributed by atoms with E-state index in [9.17, 15) is 8.42 Å². The molecular weight excluding hydrogens is 246 g/mol. The van der Waals surface area contributed by atoms with Crippen LogP contribution in [0.4, 0.5) is 0 Å². The molecule has 0 bridgehead atoms. The van der Waals surface area contributed by atoms with Crippen molar-refractivity contribution < 1.29 is 8.42 Å². The van der Waals surface area contributed by atoms with Gasteiger partial charge in [-0.05, 0) is 55.9 Å². The van der Waals surface area contributed by atoms with Crippen LogP contribution in [0.5, 0.6) is 0 Å². The topological polar surface area (TPSA) is 60.2 Å². The molecule has 0 saturated carbocycles. The molecule has 0 radical (unpaired) electrons. The molecule has 0 aliphatic carbocycles.